The molecular weight excluding hydrogens is 275 g/mol. The van der Waals surface area contributed by atoms with Gasteiger partial charge in [-0.05, 0) is 25.1 Å². The van der Waals surface area contributed by atoms with E-state index in [-0.39, 0.29) is 0 Å². The van der Waals surface area contributed by atoms with Gasteiger partial charge in [-0.15, -0.1) is 0 Å². The maximum Gasteiger partial charge on any atom is 0.228 e. The third-order valence-electron chi connectivity index (χ3n) is 2.43. The van der Waals surface area contributed by atoms with Gasteiger partial charge < -0.3 is 4.74 Å². The first kappa shape index (κ1) is 12.9. The van der Waals surface area contributed by atoms with Crippen LogP contribution in [0, 0.1) is 6.92 Å². The maximum atomic E-state index is 11.0. The molecule has 2 rings (SSSR count). The van der Waals surface area contributed by atoms with E-state index in [2.05, 4.69) is 5.10 Å². The molecule has 6 heteroatoms. The molecule has 0 aliphatic heterocycles. The average molecular weight is 285 g/mol. The quantitative estimate of drug-likeness (QED) is 0.809. The molecule has 0 amide bonds. The Labute approximate surface area is 114 Å². The molecule has 94 valence electrons. The van der Waals surface area contributed by atoms with Crippen molar-refractivity contribution < 1.29 is 9.53 Å². The van der Waals surface area contributed by atoms with Gasteiger partial charge in [-0.25, -0.2) is 4.68 Å². The Hall–Kier alpha value is -1.52. The molecule has 1 aromatic heterocycles. The smallest absolute Gasteiger partial charge is 0.228 e. The maximum absolute atomic E-state index is 11.0. The second-order valence-corrected chi connectivity index (χ2v) is 4.57. The number of aldehydes is 1. The highest BCUT2D eigenvalue weighted by Crippen LogP contribution is 2.33. The second-order valence-electron chi connectivity index (χ2n) is 3.72. The minimum atomic E-state index is 0.353. The lowest BCUT2D eigenvalue weighted by Gasteiger charge is -2.08. The fourth-order valence-corrected chi connectivity index (χ4v) is 2.02. The Kier molecular flexibility index (Phi) is 3.59. The molecule has 0 aliphatic carbocycles. The summed E-state index contributed by atoms with van der Waals surface area (Å²) in [6, 6.07) is 4.87. The number of rotatable bonds is 3. The van der Waals surface area contributed by atoms with E-state index in [0.717, 1.165) is 0 Å². The van der Waals surface area contributed by atoms with Crippen molar-refractivity contribution in [1.82, 2.24) is 9.78 Å². The minimum absolute atomic E-state index is 0.353. The number of nitrogens with zero attached hydrogens (tertiary/aromatic N) is 2. The van der Waals surface area contributed by atoms with Crippen LogP contribution in [0.15, 0.2) is 18.2 Å². The van der Waals surface area contributed by atoms with Gasteiger partial charge in [0.15, 0.2) is 6.29 Å². The van der Waals surface area contributed by atoms with Crippen molar-refractivity contribution in [3.63, 3.8) is 0 Å². The standard InChI is InChI=1S/C12H10Cl2N2O2/c1-7-9(6-17)12(16(2)15-7)18-11-4-3-8(13)5-10(11)14/h3-6H,1-2H3. The predicted octanol–water partition coefficient (Wildman–Crippen LogP) is 3.64. The van der Waals surface area contributed by atoms with Crippen molar-refractivity contribution in [2.45, 2.75) is 6.92 Å². The Bertz CT molecular complexity index is 608. The van der Waals surface area contributed by atoms with Crippen LogP contribution in [0.1, 0.15) is 16.1 Å². The highest BCUT2D eigenvalue weighted by molar-refractivity contribution is 6.35. The van der Waals surface area contributed by atoms with Gasteiger partial charge in [-0.3, -0.25) is 4.79 Å². The zero-order chi connectivity index (χ0) is 13.3. The third-order valence-corrected chi connectivity index (χ3v) is 2.96. The van der Waals surface area contributed by atoms with Crippen molar-refractivity contribution >= 4 is 29.5 Å². The molecule has 0 bridgehead atoms. The molecule has 0 atom stereocenters. The summed E-state index contributed by atoms with van der Waals surface area (Å²) in [4.78, 5) is 11.0. The third kappa shape index (κ3) is 2.35. The van der Waals surface area contributed by atoms with Crippen LogP contribution in [0.5, 0.6) is 11.6 Å². The monoisotopic (exact) mass is 284 g/mol. The van der Waals surface area contributed by atoms with E-state index in [1.165, 1.54) is 4.68 Å². The van der Waals surface area contributed by atoms with Gasteiger partial charge >= 0.3 is 0 Å². The van der Waals surface area contributed by atoms with Crippen LogP contribution in [-0.4, -0.2) is 16.1 Å². The van der Waals surface area contributed by atoms with Gasteiger partial charge in [0.1, 0.15) is 5.75 Å². The Balaban J connectivity index is 2.42. The van der Waals surface area contributed by atoms with E-state index >= 15 is 0 Å². The fraction of sp³-hybridized carbons (Fsp3) is 0.167. The van der Waals surface area contributed by atoms with Crippen LogP contribution in [0.4, 0.5) is 0 Å². The summed E-state index contributed by atoms with van der Waals surface area (Å²) in [5.41, 5.74) is 1.01. The molecule has 0 unspecified atom stereocenters. The number of aryl methyl sites for hydroxylation is 2. The number of hydrogen-bond donors (Lipinski definition) is 0. The molecule has 0 radical (unpaired) electrons. The number of aromatic nitrogens is 2. The van der Waals surface area contributed by atoms with Crippen LogP contribution in [0.25, 0.3) is 0 Å². The van der Waals surface area contributed by atoms with E-state index in [1.807, 2.05) is 0 Å². The topological polar surface area (TPSA) is 44.1 Å². The van der Waals surface area contributed by atoms with Crippen LogP contribution in [0.2, 0.25) is 10.0 Å². The summed E-state index contributed by atoms with van der Waals surface area (Å²) in [6.45, 7) is 1.74. The largest absolute Gasteiger partial charge is 0.437 e. The summed E-state index contributed by atoms with van der Waals surface area (Å²) in [7, 11) is 1.69. The normalized spacial score (nSPS) is 10.4. The molecule has 0 saturated heterocycles. The highest BCUT2D eigenvalue weighted by Gasteiger charge is 2.16. The first-order valence-corrected chi connectivity index (χ1v) is 5.90. The zero-order valence-electron chi connectivity index (χ0n) is 9.78. The summed E-state index contributed by atoms with van der Waals surface area (Å²) in [5, 5.41) is 5.01. The summed E-state index contributed by atoms with van der Waals surface area (Å²) in [5.74, 6) is 0.777. The highest BCUT2D eigenvalue weighted by atomic mass is 35.5. The molecule has 0 spiro atoms. The summed E-state index contributed by atoms with van der Waals surface area (Å²) in [6.07, 6.45) is 0.710. The molecular formula is C12H10Cl2N2O2. The second kappa shape index (κ2) is 5.00. The van der Waals surface area contributed by atoms with Crippen LogP contribution < -0.4 is 4.74 Å². The number of carbonyl (C=O) groups is 1. The molecule has 0 N–H and O–H groups in total. The number of halogens is 2. The van der Waals surface area contributed by atoms with Crippen molar-refractivity contribution in [1.29, 1.82) is 0 Å². The van der Waals surface area contributed by atoms with Gasteiger partial charge in [0.05, 0.1) is 16.3 Å². The van der Waals surface area contributed by atoms with Gasteiger partial charge in [-0.2, -0.15) is 5.10 Å². The van der Waals surface area contributed by atoms with Gasteiger partial charge in [-0.1, -0.05) is 23.2 Å². The molecule has 18 heavy (non-hydrogen) atoms. The Morgan fingerprint density at radius 1 is 1.39 bits per heavy atom. The summed E-state index contributed by atoms with van der Waals surface area (Å²) < 4.78 is 7.11. The van der Waals surface area contributed by atoms with Crippen molar-refractivity contribution in [3.05, 3.63) is 39.5 Å². The molecule has 4 nitrogen and oxygen atoms in total. The first-order chi connectivity index (χ1) is 8.52. The fourth-order valence-electron chi connectivity index (χ4n) is 1.57. The van der Waals surface area contributed by atoms with Crippen LogP contribution in [0.3, 0.4) is 0 Å². The minimum Gasteiger partial charge on any atom is -0.437 e. The first-order valence-electron chi connectivity index (χ1n) is 5.14. The van der Waals surface area contributed by atoms with E-state index in [1.54, 1.807) is 32.2 Å². The van der Waals surface area contributed by atoms with E-state index in [4.69, 9.17) is 27.9 Å². The van der Waals surface area contributed by atoms with E-state index in [0.29, 0.717) is 39.2 Å². The van der Waals surface area contributed by atoms with Gasteiger partial charge in [0.2, 0.25) is 5.88 Å². The van der Waals surface area contributed by atoms with Crippen molar-refractivity contribution in [2.75, 3.05) is 0 Å². The SMILES string of the molecule is Cc1nn(C)c(Oc2ccc(Cl)cc2Cl)c1C=O. The molecule has 1 heterocycles. The van der Waals surface area contributed by atoms with E-state index < -0.39 is 0 Å². The van der Waals surface area contributed by atoms with Crippen molar-refractivity contribution in [3.8, 4) is 11.6 Å². The molecule has 0 fully saturated rings. The predicted molar refractivity (Wildman–Crippen MR) is 69.9 cm³/mol. The number of ether oxygens (including phenoxy) is 1. The van der Waals surface area contributed by atoms with Gasteiger partial charge in [0, 0.05) is 12.1 Å². The molecule has 1 aromatic carbocycles. The number of carbonyl (C=O) groups excluding carboxylic acids is 1. The van der Waals surface area contributed by atoms with Crippen LogP contribution in [-0.2, 0) is 7.05 Å². The van der Waals surface area contributed by atoms with Crippen LogP contribution >= 0.6 is 23.2 Å². The molecule has 0 aliphatic rings. The summed E-state index contributed by atoms with van der Waals surface area (Å²) >= 11 is 11.8. The molecule has 0 saturated carbocycles. The lowest BCUT2D eigenvalue weighted by atomic mass is 10.3. The lowest BCUT2D eigenvalue weighted by molar-refractivity contribution is 0.112. The molecule has 2 aromatic rings. The number of hydrogen-bond acceptors (Lipinski definition) is 3. The number of benzene rings is 1. The lowest BCUT2D eigenvalue weighted by Crippen LogP contribution is -1.97. The Morgan fingerprint density at radius 3 is 2.72 bits per heavy atom. The zero-order valence-corrected chi connectivity index (χ0v) is 11.3. The Morgan fingerprint density at radius 2 is 2.11 bits per heavy atom. The van der Waals surface area contributed by atoms with E-state index in [9.17, 15) is 4.79 Å². The van der Waals surface area contributed by atoms with Gasteiger partial charge in [0.25, 0.3) is 0 Å². The average Bonchev–Trinajstić information content (AvgIpc) is 2.57. The van der Waals surface area contributed by atoms with Crippen molar-refractivity contribution in [2.24, 2.45) is 7.05 Å².